The quantitative estimate of drug-likeness (QED) is 0.253. The third-order valence-electron chi connectivity index (χ3n) is 1.50. The van der Waals surface area contributed by atoms with Crippen molar-refractivity contribution in [3.05, 3.63) is 0 Å². The first-order chi connectivity index (χ1) is 5.56. The number of rotatable bonds is 7. The predicted molar refractivity (Wildman–Crippen MR) is 42.3 cm³/mol. The van der Waals surface area contributed by atoms with Gasteiger partial charge in [-0.05, 0) is 6.42 Å². The van der Waals surface area contributed by atoms with Gasteiger partial charge in [-0.25, -0.2) is 0 Å². The van der Waals surface area contributed by atoms with E-state index in [1.165, 1.54) is 0 Å². The van der Waals surface area contributed by atoms with E-state index in [-0.39, 0.29) is 65.7 Å². The van der Waals surface area contributed by atoms with E-state index < -0.39 is 7.82 Å². The van der Waals surface area contributed by atoms with Crippen molar-refractivity contribution in [2.24, 2.45) is 0 Å². The molecule has 0 radical (unpaired) electrons. The van der Waals surface area contributed by atoms with Crippen molar-refractivity contribution >= 4 is 7.82 Å². The van der Waals surface area contributed by atoms with Gasteiger partial charge in [0.1, 0.15) is 0 Å². The monoisotopic (exact) mass is 240 g/mol. The van der Waals surface area contributed by atoms with E-state index >= 15 is 0 Å². The minimum atomic E-state index is -4.72. The van der Waals surface area contributed by atoms with E-state index in [9.17, 15) is 14.4 Å². The third-order valence-corrected chi connectivity index (χ3v) is 2.00. The third kappa shape index (κ3) is 19.6. The van der Waals surface area contributed by atoms with Gasteiger partial charge in [-0.15, -0.1) is 0 Å². The van der Waals surface area contributed by atoms with Crippen LogP contribution in [0.4, 0.5) is 0 Å². The summed E-state index contributed by atoms with van der Waals surface area (Å²) >= 11 is 0. The Morgan fingerprint density at radius 1 is 1.07 bits per heavy atom. The summed E-state index contributed by atoms with van der Waals surface area (Å²) < 4.78 is 14.0. The smallest absolute Gasteiger partial charge is 0.790 e. The molecule has 7 heteroatoms. The Labute approximate surface area is 130 Å². The van der Waals surface area contributed by atoms with Gasteiger partial charge in [-0.2, -0.15) is 0 Å². The van der Waals surface area contributed by atoms with Crippen molar-refractivity contribution in [2.45, 2.75) is 39.0 Å². The van der Waals surface area contributed by atoms with Gasteiger partial charge in [0.25, 0.3) is 0 Å². The fraction of sp³-hybridized carbons (Fsp3) is 1.00. The number of hydrogen-bond acceptors (Lipinski definition) is 4. The van der Waals surface area contributed by atoms with Crippen LogP contribution in [0.2, 0.25) is 0 Å². The summed E-state index contributed by atoms with van der Waals surface area (Å²) in [5, 5.41) is 0. The molecule has 0 N–H and O–H groups in total. The molecule has 0 aliphatic heterocycles. The number of phosphoric ester groups is 1. The van der Waals surface area contributed by atoms with Gasteiger partial charge in [0, 0.05) is 0 Å². The molecule has 74 valence electrons. The van der Waals surface area contributed by atoms with E-state index in [1.54, 1.807) is 0 Å². The Morgan fingerprint density at radius 3 is 2.00 bits per heavy atom. The van der Waals surface area contributed by atoms with Crippen molar-refractivity contribution in [2.75, 3.05) is 6.61 Å². The molecule has 0 fully saturated rings. The van der Waals surface area contributed by atoms with Gasteiger partial charge in [0.15, 0.2) is 0 Å². The molecule has 0 aromatic rings. The van der Waals surface area contributed by atoms with Crippen LogP contribution < -0.4 is 68.9 Å². The molecule has 0 unspecified atom stereocenters. The number of hydrogen-bond donors (Lipinski definition) is 0. The van der Waals surface area contributed by atoms with E-state index in [4.69, 9.17) is 0 Å². The zero-order chi connectivity index (χ0) is 9.45. The molecular weight excluding hydrogens is 225 g/mol. The fourth-order valence-electron chi connectivity index (χ4n) is 0.882. The molecule has 0 bridgehead atoms. The van der Waals surface area contributed by atoms with E-state index in [1.807, 2.05) is 0 Å². The molecule has 0 aliphatic carbocycles. The maximum absolute atomic E-state index is 9.97. The average molecular weight is 240 g/mol. The molecule has 0 amide bonds. The van der Waals surface area contributed by atoms with Crippen LogP contribution in [-0.2, 0) is 9.09 Å². The summed E-state index contributed by atoms with van der Waals surface area (Å²) in [6, 6.07) is 0. The molecule has 0 atom stereocenters. The van der Waals surface area contributed by atoms with Gasteiger partial charge in [0.2, 0.25) is 0 Å². The van der Waals surface area contributed by atoms with E-state index in [2.05, 4.69) is 11.4 Å². The van der Waals surface area contributed by atoms with Crippen LogP contribution in [0.15, 0.2) is 0 Å². The van der Waals surface area contributed by atoms with Crippen molar-refractivity contribution in [1.29, 1.82) is 0 Å². The fourth-order valence-corrected chi connectivity index (χ4v) is 1.23. The maximum atomic E-state index is 9.97. The van der Waals surface area contributed by atoms with Crippen molar-refractivity contribution in [1.82, 2.24) is 0 Å². The minimum absolute atomic E-state index is 0. The number of phosphoric acid groups is 1. The second-order valence-electron chi connectivity index (χ2n) is 2.69. The van der Waals surface area contributed by atoms with Gasteiger partial charge in [-0.1, -0.05) is 32.6 Å². The first kappa shape index (κ1) is 21.4. The van der Waals surface area contributed by atoms with Gasteiger partial charge in [0.05, 0.1) is 14.4 Å². The largest absolute Gasteiger partial charge is 1.00 e. The predicted octanol–water partition coefficient (Wildman–Crippen LogP) is -5.19. The van der Waals surface area contributed by atoms with Crippen LogP contribution in [0.5, 0.6) is 0 Å². The maximum Gasteiger partial charge on any atom is 1.00 e. The molecule has 0 heterocycles. The number of unbranched alkanes of at least 4 members (excludes halogenated alkanes) is 4. The summed E-state index contributed by atoms with van der Waals surface area (Å²) in [4.78, 5) is 19.9. The summed E-state index contributed by atoms with van der Waals surface area (Å²) in [6.45, 7) is 2.13. The van der Waals surface area contributed by atoms with E-state index in [0.29, 0.717) is 6.42 Å². The molecule has 4 nitrogen and oxygen atoms in total. The van der Waals surface area contributed by atoms with E-state index in [0.717, 1.165) is 25.7 Å². The molecule has 0 saturated heterocycles. The average Bonchev–Trinajstić information content (AvgIpc) is 1.94. The molecule has 0 aromatic heterocycles. The standard InChI is InChI=1S/C7H17O4P.2Na/c1-2-3-4-5-6-7-11-12(8,9)10;;/h2-7H2,1H3,(H2,8,9,10);;/q;2*+1/p-2. The van der Waals surface area contributed by atoms with Crippen molar-refractivity contribution in [3.63, 3.8) is 0 Å². The van der Waals surface area contributed by atoms with Crippen LogP contribution in [0, 0.1) is 0 Å². The molecule has 14 heavy (non-hydrogen) atoms. The first-order valence-electron chi connectivity index (χ1n) is 4.23. The summed E-state index contributed by atoms with van der Waals surface area (Å²) in [5.41, 5.74) is 0. The Hall–Kier alpha value is 2.11. The molecule has 0 aromatic carbocycles. The Kier molecular flexibility index (Phi) is 20.1. The van der Waals surface area contributed by atoms with Crippen LogP contribution in [0.1, 0.15) is 39.0 Å². The second kappa shape index (κ2) is 13.2. The molecule has 0 saturated carbocycles. The van der Waals surface area contributed by atoms with Crippen LogP contribution >= 0.6 is 7.82 Å². The van der Waals surface area contributed by atoms with Crippen molar-refractivity contribution < 1.29 is 78.0 Å². The zero-order valence-electron chi connectivity index (χ0n) is 9.32. The molecule has 0 spiro atoms. The normalized spacial score (nSPS) is 10.2. The van der Waals surface area contributed by atoms with Crippen LogP contribution in [-0.4, -0.2) is 6.61 Å². The zero-order valence-corrected chi connectivity index (χ0v) is 14.2. The first-order valence-corrected chi connectivity index (χ1v) is 5.69. The minimum Gasteiger partial charge on any atom is -0.790 e. The topological polar surface area (TPSA) is 72.4 Å². The van der Waals surface area contributed by atoms with Crippen LogP contribution in [0.25, 0.3) is 0 Å². The van der Waals surface area contributed by atoms with Crippen LogP contribution in [0.3, 0.4) is 0 Å². The molecule has 0 rings (SSSR count). The van der Waals surface area contributed by atoms with Gasteiger partial charge < -0.3 is 18.9 Å². The Balaban J connectivity index is -0.000000605. The summed E-state index contributed by atoms with van der Waals surface area (Å²) in [5.74, 6) is 0. The summed E-state index contributed by atoms with van der Waals surface area (Å²) in [6.07, 6.45) is 4.93. The molecular formula is C7H15Na2O4P. The summed E-state index contributed by atoms with van der Waals surface area (Å²) in [7, 11) is -4.72. The second-order valence-corrected chi connectivity index (χ2v) is 3.85. The van der Waals surface area contributed by atoms with Crippen molar-refractivity contribution in [3.8, 4) is 0 Å². The Morgan fingerprint density at radius 2 is 1.57 bits per heavy atom. The van der Waals surface area contributed by atoms with Gasteiger partial charge >= 0.3 is 59.1 Å². The SMILES string of the molecule is CCCCCCCOP(=O)([O-])[O-].[Na+].[Na+]. The van der Waals surface area contributed by atoms with Gasteiger partial charge in [-0.3, -0.25) is 0 Å². The molecule has 0 aliphatic rings. The Bertz CT molecular complexity index is 151.